The molecule has 0 aromatic carbocycles. The standard InChI is InChI=1S/C17H31O4P/c1-9-12(18)17(7,8)20-11-10-16(5,6)21-14(19)13(22)15(2,3)4/h9,13H,1,10-11,22H2,2-8H3. The van der Waals surface area contributed by atoms with Crippen molar-refractivity contribution in [2.45, 2.75) is 71.7 Å². The molecule has 0 aromatic rings. The third-order valence-corrected chi connectivity index (χ3v) is 4.78. The highest BCUT2D eigenvalue weighted by Crippen LogP contribution is 2.29. The van der Waals surface area contributed by atoms with Gasteiger partial charge < -0.3 is 9.47 Å². The first-order chi connectivity index (χ1) is 9.73. The Kier molecular flexibility index (Phi) is 7.44. The van der Waals surface area contributed by atoms with Crippen molar-refractivity contribution in [1.82, 2.24) is 0 Å². The molecule has 0 aromatic heterocycles. The van der Waals surface area contributed by atoms with E-state index in [0.29, 0.717) is 13.0 Å². The number of esters is 1. The molecule has 2 unspecified atom stereocenters. The molecule has 0 aliphatic rings. The second kappa shape index (κ2) is 7.70. The van der Waals surface area contributed by atoms with Crippen LogP contribution < -0.4 is 0 Å². The van der Waals surface area contributed by atoms with Gasteiger partial charge in [0.15, 0.2) is 5.78 Å². The quantitative estimate of drug-likeness (QED) is 0.388. The lowest BCUT2D eigenvalue weighted by Gasteiger charge is -2.32. The van der Waals surface area contributed by atoms with Crippen LogP contribution in [0, 0.1) is 5.41 Å². The molecule has 2 atom stereocenters. The first-order valence-electron chi connectivity index (χ1n) is 7.52. The number of carbonyl (C=O) groups is 2. The van der Waals surface area contributed by atoms with E-state index in [0.717, 1.165) is 0 Å². The lowest BCUT2D eigenvalue weighted by atomic mass is 9.91. The van der Waals surface area contributed by atoms with Crippen molar-refractivity contribution < 1.29 is 19.1 Å². The highest BCUT2D eigenvalue weighted by atomic mass is 31.0. The van der Waals surface area contributed by atoms with Gasteiger partial charge in [0.05, 0.1) is 12.3 Å². The smallest absolute Gasteiger partial charge is 0.313 e. The van der Waals surface area contributed by atoms with Gasteiger partial charge in [-0.25, -0.2) is 0 Å². The summed E-state index contributed by atoms with van der Waals surface area (Å²) in [5.74, 6) is -0.413. The van der Waals surface area contributed by atoms with E-state index in [-0.39, 0.29) is 22.8 Å². The summed E-state index contributed by atoms with van der Waals surface area (Å²) >= 11 is 0. The highest BCUT2D eigenvalue weighted by molar-refractivity contribution is 7.19. The molecule has 0 heterocycles. The maximum atomic E-state index is 12.2. The van der Waals surface area contributed by atoms with E-state index in [1.807, 2.05) is 34.6 Å². The minimum absolute atomic E-state index is 0.167. The largest absolute Gasteiger partial charge is 0.459 e. The van der Waals surface area contributed by atoms with Crippen LogP contribution in [0.5, 0.6) is 0 Å². The van der Waals surface area contributed by atoms with Crippen molar-refractivity contribution in [3.8, 4) is 0 Å². The van der Waals surface area contributed by atoms with Crippen LogP contribution >= 0.6 is 9.24 Å². The van der Waals surface area contributed by atoms with Crippen LogP contribution in [0.25, 0.3) is 0 Å². The van der Waals surface area contributed by atoms with Gasteiger partial charge in [0.1, 0.15) is 11.2 Å². The van der Waals surface area contributed by atoms with Gasteiger partial charge in [-0.05, 0) is 39.2 Å². The van der Waals surface area contributed by atoms with Crippen LogP contribution in [0.1, 0.15) is 54.9 Å². The van der Waals surface area contributed by atoms with Gasteiger partial charge in [0.25, 0.3) is 0 Å². The Morgan fingerprint density at radius 3 is 2.05 bits per heavy atom. The van der Waals surface area contributed by atoms with Crippen molar-refractivity contribution in [3.05, 3.63) is 12.7 Å². The zero-order valence-electron chi connectivity index (χ0n) is 15.0. The molecule has 0 saturated heterocycles. The van der Waals surface area contributed by atoms with Gasteiger partial charge in [-0.1, -0.05) is 27.4 Å². The predicted molar refractivity (Wildman–Crippen MR) is 93.0 cm³/mol. The van der Waals surface area contributed by atoms with Crippen LogP contribution in [0.4, 0.5) is 0 Å². The molecule has 22 heavy (non-hydrogen) atoms. The molecular weight excluding hydrogens is 299 g/mol. The minimum atomic E-state index is -0.906. The predicted octanol–water partition coefficient (Wildman–Crippen LogP) is 3.54. The Morgan fingerprint density at radius 2 is 1.64 bits per heavy atom. The molecular formula is C17H31O4P. The lowest BCUT2D eigenvalue weighted by Crippen LogP contribution is -2.39. The van der Waals surface area contributed by atoms with Crippen LogP contribution in [0.15, 0.2) is 12.7 Å². The highest BCUT2D eigenvalue weighted by Gasteiger charge is 2.33. The second-order valence-electron chi connectivity index (χ2n) is 7.70. The molecule has 5 heteroatoms. The Balaban J connectivity index is 4.51. The third kappa shape index (κ3) is 7.02. The maximum Gasteiger partial charge on any atom is 0.313 e. The zero-order valence-corrected chi connectivity index (χ0v) is 16.1. The maximum absolute atomic E-state index is 12.2. The molecule has 0 saturated carbocycles. The first kappa shape index (κ1) is 21.3. The molecule has 0 N–H and O–H groups in total. The third-order valence-electron chi connectivity index (χ3n) is 3.51. The summed E-state index contributed by atoms with van der Waals surface area (Å²) < 4.78 is 11.2. The summed E-state index contributed by atoms with van der Waals surface area (Å²) in [6, 6.07) is 0. The molecule has 0 aliphatic carbocycles. The lowest BCUT2D eigenvalue weighted by molar-refractivity contribution is -0.161. The average Bonchev–Trinajstić information content (AvgIpc) is 2.34. The van der Waals surface area contributed by atoms with Gasteiger partial charge >= 0.3 is 5.97 Å². The van der Waals surface area contributed by atoms with Gasteiger partial charge in [-0.15, -0.1) is 9.24 Å². The monoisotopic (exact) mass is 330 g/mol. The summed E-state index contributed by atoms with van der Waals surface area (Å²) in [5.41, 5.74) is -2.00. The van der Waals surface area contributed by atoms with Crippen molar-refractivity contribution in [3.63, 3.8) is 0 Å². The van der Waals surface area contributed by atoms with Crippen molar-refractivity contribution in [2.24, 2.45) is 5.41 Å². The Hall–Kier alpha value is -0.730. The Morgan fingerprint density at radius 1 is 1.14 bits per heavy atom. The Bertz CT molecular complexity index is 419. The van der Waals surface area contributed by atoms with Crippen LogP contribution in [-0.4, -0.2) is 35.2 Å². The SMILES string of the molecule is C=CC(=O)C(C)(C)OCCC(C)(C)OC(=O)C(P)C(C)(C)C. The van der Waals surface area contributed by atoms with Crippen LogP contribution in [0.2, 0.25) is 0 Å². The Labute approximate surface area is 137 Å². The topological polar surface area (TPSA) is 52.6 Å². The summed E-state index contributed by atoms with van der Waals surface area (Å²) in [6.07, 6.45) is 1.77. The van der Waals surface area contributed by atoms with E-state index in [1.54, 1.807) is 13.8 Å². The van der Waals surface area contributed by atoms with E-state index < -0.39 is 11.2 Å². The fourth-order valence-electron chi connectivity index (χ4n) is 1.61. The summed E-state index contributed by atoms with van der Waals surface area (Å²) in [6.45, 7) is 16.9. The van der Waals surface area contributed by atoms with Crippen molar-refractivity contribution >= 4 is 21.0 Å². The van der Waals surface area contributed by atoms with Gasteiger partial charge in [0.2, 0.25) is 0 Å². The number of ketones is 1. The molecule has 0 rings (SSSR count). The van der Waals surface area contributed by atoms with Gasteiger partial charge in [0, 0.05) is 6.42 Å². The van der Waals surface area contributed by atoms with Crippen molar-refractivity contribution in [1.29, 1.82) is 0 Å². The molecule has 0 aliphatic heterocycles. The number of carbonyl (C=O) groups excluding carboxylic acids is 2. The summed E-state index contributed by atoms with van der Waals surface area (Å²) in [5, 5.41) is 0. The molecule has 4 nitrogen and oxygen atoms in total. The van der Waals surface area contributed by atoms with Crippen LogP contribution in [-0.2, 0) is 19.1 Å². The normalized spacial score (nSPS) is 14.4. The number of rotatable bonds is 8. The molecule has 0 radical (unpaired) electrons. The molecule has 0 spiro atoms. The van der Waals surface area contributed by atoms with E-state index in [1.165, 1.54) is 6.08 Å². The molecule has 0 amide bonds. The van der Waals surface area contributed by atoms with Gasteiger partial charge in [-0.3, -0.25) is 9.59 Å². The van der Waals surface area contributed by atoms with Crippen LogP contribution in [0.3, 0.4) is 0 Å². The summed E-state index contributed by atoms with van der Waals surface area (Å²) in [4.78, 5) is 23.8. The van der Waals surface area contributed by atoms with E-state index in [9.17, 15) is 9.59 Å². The molecule has 128 valence electrons. The number of hydrogen-bond acceptors (Lipinski definition) is 4. The second-order valence-corrected chi connectivity index (χ2v) is 8.37. The summed E-state index contributed by atoms with van der Waals surface area (Å²) in [7, 11) is 2.55. The fourth-order valence-corrected chi connectivity index (χ4v) is 1.68. The van der Waals surface area contributed by atoms with E-state index in [2.05, 4.69) is 15.8 Å². The fraction of sp³-hybridized carbons (Fsp3) is 0.765. The minimum Gasteiger partial charge on any atom is -0.459 e. The number of hydrogen-bond donors (Lipinski definition) is 0. The van der Waals surface area contributed by atoms with Gasteiger partial charge in [-0.2, -0.15) is 0 Å². The molecule has 0 bridgehead atoms. The van der Waals surface area contributed by atoms with Crippen molar-refractivity contribution in [2.75, 3.05) is 6.61 Å². The number of ether oxygens (including phenoxy) is 2. The van der Waals surface area contributed by atoms with E-state index in [4.69, 9.17) is 9.47 Å². The average molecular weight is 330 g/mol. The van der Waals surface area contributed by atoms with E-state index >= 15 is 0 Å². The zero-order chi connectivity index (χ0) is 17.8. The molecule has 0 fully saturated rings. The first-order valence-corrected chi connectivity index (χ1v) is 8.19.